The Balaban J connectivity index is 0.000000318. The van der Waals surface area contributed by atoms with E-state index >= 15 is 0 Å². The standard InChI is InChI=1S/C5H12N2.C4H6O6/c1-5-4-6-2-3-7-5;5-1(3(7)8)2(6)4(9)10/h5-7H,2-4H2,1H3;1-2,5-6H,(H,7,8)(H,9,10)/t5-;1-,2?/m10/s1. The zero-order valence-electron chi connectivity index (χ0n) is 9.46. The molecule has 1 saturated heterocycles. The average molecular weight is 250 g/mol. The maximum atomic E-state index is 9.77. The molecule has 1 heterocycles. The van der Waals surface area contributed by atoms with Gasteiger partial charge in [-0.15, -0.1) is 0 Å². The summed E-state index contributed by atoms with van der Waals surface area (Å²) < 4.78 is 0. The average Bonchev–Trinajstić information content (AvgIpc) is 2.28. The Bertz CT molecular complexity index is 236. The van der Waals surface area contributed by atoms with Crippen LogP contribution in [-0.2, 0) is 9.59 Å². The summed E-state index contributed by atoms with van der Waals surface area (Å²) in [4.78, 5) is 19.5. The van der Waals surface area contributed by atoms with Gasteiger partial charge in [0.2, 0.25) is 0 Å². The van der Waals surface area contributed by atoms with Crippen molar-refractivity contribution in [2.45, 2.75) is 25.2 Å². The molecule has 1 aliphatic heterocycles. The van der Waals surface area contributed by atoms with E-state index in [0.29, 0.717) is 6.04 Å². The molecule has 0 aromatic rings. The number of carboxylic acid groups (broad SMARTS) is 2. The van der Waals surface area contributed by atoms with Crippen LogP contribution in [0.25, 0.3) is 0 Å². The van der Waals surface area contributed by atoms with E-state index in [9.17, 15) is 9.59 Å². The van der Waals surface area contributed by atoms with E-state index in [0.717, 1.165) is 19.6 Å². The van der Waals surface area contributed by atoms with E-state index in [1.165, 1.54) is 0 Å². The Labute approximate surface area is 98.3 Å². The van der Waals surface area contributed by atoms with Gasteiger partial charge in [-0.2, -0.15) is 0 Å². The largest absolute Gasteiger partial charge is 0.479 e. The summed E-state index contributed by atoms with van der Waals surface area (Å²) in [5.41, 5.74) is 0. The molecule has 3 atom stereocenters. The van der Waals surface area contributed by atoms with Gasteiger partial charge in [0.1, 0.15) is 0 Å². The van der Waals surface area contributed by atoms with Crippen molar-refractivity contribution in [3.05, 3.63) is 0 Å². The third-order valence-electron chi connectivity index (χ3n) is 2.05. The molecular weight excluding hydrogens is 232 g/mol. The third-order valence-corrected chi connectivity index (χ3v) is 2.05. The minimum absolute atomic E-state index is 0.675. The van der Waals surface area contributed by atoms with Crippen molar-refractivity contribution in [2.24, 2.45) is 0 Å². The molecule has 0 spiro atoms. The molecule has 1 rings (SSSR count). The van der Waals surface area contributed by atoms with Crippen LogP contribution in [0.4, 0.5) is 0 Å². The molecule has 0 radical (unpaired) electrons. The highest BCUT2D eigenvalue weighted by Crippen LogP contribution is 1.92. The van der Waals surface area contributed by atoms with Crippen molar-refractivity contribution in [3.8, 4) is 0 Å². The monoisotopic (exact) mass is 250 g/mol. The van der Waals surface area contributed by atoms with Gasteiger partial charge in [0, 0.05) is 25.7 Å². The molecule has 0 aliphatic carbocycles. The Morgan fingerprint density at radius 2 is 1.59 bits per heavy atom. The molecule has 0 saturated carbocycles. The van der Waals surface area contributed by atoms with Gasteiger partial charge < -0.3 is 31.1 Å². The lowest BCUT2D eigenvalue weighted by Crippen LogP contribution is -2.46. The smallest absolute Gasteiger partial charge is 0.335 e. The van der Waals surface area contributed by atoms with E-state index < -0.39 is 24.1 Å². The Hall–Kier alpha value is -1.22. The molecule has 0 bridgehead atoms. The molecule has 6 N–H and O–H groups in total. The van der Waals surface area contributed by atoms with Crippen molar-refractivity contribution in [1.29, 1.82) is 0 Å². The normalized spacial score (nSPS) is 22.9. The van der Waals surface area contributed by atoms with Gasteiger partial charge in [-0.05, 0) is 6.92 Å². The van der Waals surface area contributed by atoms with Gasteiger partial charge >= 0.3 is 11.9 Å². The second-order valence-corrected chi connectivity index (χ2v) is 3.63. The lowest BCUT2D eigenvalue weighted by Gasteiger charge is -2.19. The minimum atomic E-state index is -2.27. The van der Waals surface area contributed by atoms with Crippen molar-refractivity contribution in [3.63, 3.8) is 0 Å². The van der Waals surface area contributed by atoms with Crippen LogP contribution in [0.3, 0.4) is 0 Å². The van der Waals surface area contributed by atoms with Crippen LogP contribution >= 0.6 is 0 Å². The summed E-state index contributed by atoms with van der Waals surface area (Å²) in [7, 11) is 0. The second-order valence-electron chi connectivity index (χ2n) is 3.63. The number of aliphatic hydroxyl groups is 2. The number of carbonyl (C=O) groups is 2. The number of hydrogen-bond donors (Lipinski definition) is 6. The first-order chi connectivity index (χ1) is 7.86. The topological polar surface area (TPSA) is 139 Å². The number of aliphatic hydroxyl groups excluding tert-OH is 2. The molecule has 17 heavy (non-hydrogen) atoms. The molecule has 100 valence electrons. The van der Waals surface area contributed by atoms with Crippen molar-refractivity contribution < 1.29 is 30.0 Å². The second kappa shape index (κ2) is 7.96. The Kier molecular flexibility index (Phi) is 7.39. The van der Waals surface area contributed by atoms with Crippen molar-refractivity contribution in [2.75, 3.05) is 19.6 Å². The molecule has 8 nitrogen and oxygen atoms in total. The number of nitrogens with one attached hydrogen (secondary N) is 2. The van der Waals surface area contributed by atoms with E-state index in [1.54, 1.807) is 0 Å². The number of piperazine rings is 1. The van der Waals surface area contributed by atoms with Crippen molar-refractivity contribution >= 4 is 11.9 Å². The van der Waals surface area contributed by atoms with Crippen LogP contribution in [0.1, 0.15) is 6.92 Å². The first-order valence-corrected chi connectivity index (χ1v) is 5.12. The fourth-order valence-electron chi connectivity index (χ4n) is 1.07. The van der Waals surface area contributed by atoms with Crippen LogP contribution in [0, 0.1) is 0 Å². The molecule has 1 unspecified atom stereocenters. The lowest BCUT2D eigenvalue weighted by atomic mass is 10.2. The van der Waals surface area contributed by atoms with Crippen LogP contribution in [-0.4, -0.2) is 70.2 Å². The quantitative estimate of drug-likeness (QED) is 0.321. The number of carboxylic acids is 2. The number of aliphatic carboxylic acids is 2. The van der Waals surface area contributed by atoms with E-state index in [4.69, 9.17) is 20.4 Å². The molecule has 0 aromatic carbocycles. The Morgan fingerprint density at radius 1 is 1.12 bits per heavy atom. The summed E-state index contributed by atoms with van der Waals surface area (Å²) in [6, 6.07) is 0.675. The fourth-order valence-corrected chi connectivity index (χ4v) is 1.07. The highest BCUT2D eigenvalue weighted by atomic mass is 16.4. The molecule has 1 aliphatic rings. The maximum Gasteiger partial charge on any atom is 0.335 e. The number of hydrogen-bond acceptors (Lipinski definition) is 6. The van der Waals surface area contributed by atoms with Gasteiger partial charge in [-0.3, -0.25) is 0 Å². The van der Waals surface area contributed by atoms with Gasteiger partial charge in [0.05, 0.1) is 0 Å². The summed E-state index contributed by atoms with van der Waals surface area (Å²) in [5.74, 6) is -3.54. The molecule has 1 fully saturated rings. The van der Waals surface area contributed by atoms with Crippen LogP contribution in [0.2, 0.25) is 0 Å². The summed E-state index contributed by atoms with van der Waals surface area (Å²) in [6.45, 7) is 5.57. The van der Waals surface area contributed by atoms with Gasteiger partial charge in [-0.1, -0.05) is 0 Å². The zero-order valence-corrected chi connectivity index (χ0v) is 9.46. The first kappa shape index (κ1) is 15.8. The van der Waals surface area contributed by atoms with Crippen LogP contribution < -0.4 is 10.6 Å². The molecule has 0 amide bonds. The fraction of sp³-hybridized carbons (Fsp3) is 0.778. The van der Waals surface area contributed by atoms with E-state index in [1.807, 2.05) is 0 Å². The minimum Gasteiger partial charge on any atom is -0.479 e. The first-order valence-electron chi connectivity index (χ1n) is 5.12. The zero-order chi connectivity index (χ0) is 13.4. The predicted molar refractivity (Wildman–Crippen MR) is 57.6 cm³/mol. The van der Waals surface area contributed by atoms with Crippen LogP contribution in [0.5, 0.6) is 0 Å². The third kappa shape index (κ3) is 6.84. The van der Waals surface area contributed by atoms with Gasteiger partial charge in [-0.25, -0.2) is 9.59 Å². The van der Waals surface area contributed by atoms with E-state index in [2.05, 4.69) is 17.6 Å². The molecule has 8 heteroatoms. The summed E-state index contributed by atoms with van der Waals surface area (Å²) in [6.07, 6.45) is -4.53. The lowest BCUT2D eigenvalue weighted by molar-refractivity contribution is -0.165. The maximum absolute atomic E-state index is 9.77. The van der Waals surface area contributed by atoms with Crippen molar-refractivity contribution in [1.82, 2.24) is 10.6 Å². The SMILES string of the molecule is C[C@@H]1CNCCN1.O=C(O)C(O)[C@H](O)C(=O)O. The summed E-state index contributed by atoms with van der Waals surface area (Å²) >= 11 is 0. The van der Waals surface area contributed by atoms with E-state index in [-0.39, 0.29) is 0 Å². The molecular formula is C9H18N2O6. The van der Waals surface area contributed by atoms with Gasteiger partial charge in [0.15, 0.2) is 12.2 Å². The highest BCUT2D eigenvalue weighted by molar-refractivity contribution is 5.83. The summed E-state index contributed by atoms with van der Waals surface area (Å²) in [5, 5.41) is 39.1. The highest BCUT2D eigenvalue weighted by Gasteiger charge is 2.29. The number of rotatable bonds is 3. The predicted octanol–water partition coefficient (Wildman–Crippen LogP) is -2.55. The Morgan fingerprint density at radius 3 is 1.76 bits per heavy atom. The van der Waals surface area contributed by atoms with Gasteiger partial charge in [0.25, 0.3) is 0 Å². The molecule has 0 aromatic heterocycles. The van der Waals surface area contributed by atoms with Crippen LogP contribution in [0.15, 0.2) is 0 Å².